The molecule has 0 radical (unpaired) electrons. The summed E-state index contributed by atoms with van der Waals surface area (Å²) in [5.74, 6) is 1.25. The quantitative estimate of drug-likeness (QED) is 0.831. The molecule has 6 heteroatoms. The molecule has 1 aromatic rings. The van der Waals surface area contributed by atoms with Gasteiger partial charge in [0.25, 0.3) is 0 Å². The van der Waals surface area contributed by atoms with Crippen LogP contribution in [0.15, 0.2) is 0 Å². The van der Waals surface area contributed by atoms with E-state index in [1.807, 2.05) is 0 Å². The van der Waals surface area contributed by atoms with Crippen molar-refractivity contribution < 1.29 is 0 Å². The molecule has 0 saturated heterocycles. The number of nitrogens with one attached hydrogen (secondary N) is 1. The van der Waals surface area contributed by atoms with Crippen molar-refractivity contribution in [3.8, 4) is 0 Å². The fourth-order valence-electron chi connectivity index (χ4n) is 3.11. The van der Waals surface area contributed by atoms with Gasteiger partial charge in [-0.1, -0.05) is 19.8 Å². The Morgan fingerprint density at radius 2 is 1.76 bits per heavy atom. The summed E-state index contributed by atoms with van der Waals surface area (Å²) in [5.41, 5.74) is 0.397. The zero-order chi connectivity index (χ0) is 15.3. The summed E-state index contributed by atoms with van der Waals surface area (Å²) >= 11 is 6.04. The van der Waals surface area contributed by atoms with Gasteiger partial charge in [0.2, 0.25) is 17.2 Å². The van der Waals surface area contributed by atoms with E-state index in [4.69, 9.17) is 11.6 Å². The lowest BCUT2D eigenvalue weighted by Gasteiger charge is -2.27. The molecule has 21 heavy (non-hydrogen) atoms. The number of aromatic nitrogens is 3. The van der Waals surface area contributed by atoms with Crippen LogP contribution in [0.25, 0.3) is 0 Å². The van der Waals surface area contributed by atoms with Gasteiger partial charge in [-0.3, -0.25) is 0 Å². The van der Waals surface area contributed by atoms with Crippen LogP contribution in [0.2, 0.25) is 5.28 Å². The summed E-state index contributed by atoms with van der Waals surface area (Å²) in [4.78, 5) is 15.0. The molecule has 1 heterocycles. The molecular weight excluding hydrogens is 286 g/mol. The van der Waals surface area contributed by atoms with Crippen molar-refractivity contribution in [2.45, 2.75) is 52.9 Å². The Morgan fingerprint density at radius 1 is 1.10 bits per heavy atom. The normalized spacial score (nSPS) is 17.0. The average molecular weight is 312 g/mol. The summed E-state index contributed by atoms with van der Waals surface area (Å²) in [6.07, 6.45) is 6.44. The van der Waals surface area contributed by atoms with Gasteiger partial charge in [0, 0.05) is 19.6 Å². The largest absolute Gasteiger partial charge is 0.353 e. The van der Waals surface area contributed by atoms with Gasteiger partial charge in [-0.15, -0.1) is 0 Å². The molecule has 1 aliphatic carbocycles. The minimum absolute atomic E-state index is 0.256. The van der Waals surface area contributed by atoms with Crippen LogP contribution in [-0.2, 0) is 0 Å². The smallest absolute Gasteiger partial charge is 0.231 e. The lowest BCUT2D eigenvalue weighted by molar-refractivity contribution is 0.306. The second-order valence-corrected chi connectivity index (χ2v) is 6.15. The van der Waals surface area contributed by atoms with E-state index in [1.165, 1.54) is 32.1 Å². The number of hydrogen-bond donors (Lipinski definition) is 1. The molecular formula is C15H26ClN5. The topological polar surface area (TPSA) is 53.9 Å². The molecule has 1 N–H and O–H groups in total. The van der Waals surface area contributed by atoms with Gasteiger partial charge in [-0.05, 0) is 50.1 Å². The lowest BCUT2D eigenvalue weighted by Crippen LogP contribution is -2.28. The molecule has 1 aromatic heterocycles. The molecule has 5 nitrogen and oxygen atoms in total. The van der Waals surface area contributed by atoms with Crippen LogP contribution in [-0.4, -0.2) is 34.6 Å². The van der Waals surface area contributed by atoms with Crippen molar-refractivity contribution in [3.63, 3.8) is 0 Å². The van der Waals surface area contributed by atoms with E-state index < -0.39 is 0 Å². The third-order valence-electron chi connectivity index (χ3n) is 4.68. The van der Waals surface area contributed by atoms with Crippen molar-refractivity contribution in [2.24, 2.45) is 5.41 Å². The number of hydrogen-bond acceptors (Lipinski definition) is 5. The van der Waals surface area contributed by atoms with Crippen LogP contribution in [0.3, 0.4) is 0 Å². The lowest BCUT2D eigenvalue weighted by atomic mass is 9.83. The van der Waals surface area contributed by atoms with E-state index in [0.717, 1.165) is 19.6 Å². The Kier molecular flexibility index (Phi) is 5.62. The van der Waals surface area contributed by atoms with Gasteiger partial charge >= 0.3 is 0 Å². The molecule has 0 atom stereocenters. The standard InChI is InChI=1S/C15H26ClN5/c1-4-15(9-7-8-10-15)11-17-13-18-12(16)19-14(20-13)21(5-2)6-3/h4-11H2,1-3H3,(H,17,18,19,20). The molecule has 0 aromatic carbocycles. The van der Waals surface area contributed by atoms with E-state index in [0.29, 0.717) is 17.3 Å². The Morgan fingerprint density at radius 3 is 2.33 bits per heavy atom. The molecule has 2 rings (SSSR count). The van der Waals surface area contributed by atoms with Crippen molar-refractivity contribution in [1.29, 1.82) is 0 Å². The predicted molar refractivity (Wildman–Crippen MR) is 88.1 cm³/mol. The molecule has 1 aliphatic rings. The summed E-state index contributed by atoms with van der Waals surface area (Å²) in [6, 6.07) is 0. The van der Waals surface area contributed by atoms with Crippen molar-refractivity contribution >= 4 is 23.5 Å². The van der Waals surface area contributed by atoms with Gasteiger partial charge in [-0.2, -0.15) is 15.0 Å². The van der Waals surface area contributed by atoms with Gasteiger partial charge < -0.3 is 10.2 Å². The van der Waals surface area contributed by atoms with Crippen molar-refractivity contribution in [3.05, 3.63) is 5.28 Å². The molecule has 0 bridgehead atoms. The van der Waals surface area contributed by atoms with Crippen LogP contribution in [0.5, 0.6) is 0 Å². The van der Waals surface area contributed by atoms with Crippen molar-refractivity contribution in [2.75, 3.05) is 29.9 Å². The zero-order valence-electron chi connectivity index (χ0n) is 13.3. The minimum Gasteiger partial charge on any atom is -0.353 e. The first-order valence-electron chi connectivity index (χ1n) is 8.03. The van der Waals surface area contributed by atoms with Crippen LogP contribution in [0, 0.1) is 5.41 Å². The monoisotopic (exact) mass is 311 g/mol. The third kappa shape index (κ3) is 3.96. The Hall–Kier alpha value is -1.10. The predicted octanol–water partition coefficient (Wildman–Crippen LogP) is 3.75. The molecule has 0 aliphatic heterocycles. The molecule has 0 spiro atoms. The number of rotatable bonds is 7. The first kappa shape index (κ1) is 16.3. The third-order valence-corrected chi connectivity index (χ3v) is 4.85. The fraction of sp³-hybridized carbons (Fsp3) is 0.800. The van der Waals surface area contributed by atoms with E-state index >= 15 is 0 Å². The van der Waals surface area contributed by atoms with E-state index in [9.17, 15) is 0 Å². The minimum atomic E-state index is 0.256. The number of anilines is 2. The molecule has 118 valence electrons. The van der Waals surface area contributed by atoms with Gasteiger partial charge in [0.1, 0.15) is 0 Å². The molecule has 1 saturated carbocycles. The van der Waals surface area contributed by atoms with Crippen LogP contribution in [0.1, 0.15) is 52.9 Å². The van der Waals surface area contributed by atoms with Gasteiger partial charge in [-0.25, -0.2) is 0 Å². The van der Waals surface area contributed by atoms with Crippen LogP contribution in [0.4, 0.5) is 11.9 Å². The summed E-state index contributed by atoms with van der Waals surface area (Å²) < 4.78 is 0. The highest BCUT2D eigenvalue weighted by atomic mass is 35.5. The highest BCUT2D eigenvalue weighted by molar-refractivity contribution is 6.28. The number of nitrogens with zero attached hydrogens (tertiary/aromatic N) is 4. The maximum Gasteiger partial charge on any atom is 0.231 e. The molecule has 1 fully saturated rings. The summed E-state index contributed by atoms with van der Waals surface area (Å²) in [6.45, 7) is 9.07. The maximum atomic E-state index is 6.04. The summed E-state index contributed by atoms with van der Waals surface area (Å²) in [7, 11) is 0. The highest BCUT2D eigenvalue weighted by Crippen LogP contribution is 2.40. The Labute approximate surface area is 132 Å². The second-order valence-electron chi connectivity index (χ2n) is 5.81. The van der Waals surface area contributed by atoms with E-state index in [2.05, 4.69) is 45.9 Å². The van der Waals surface area contributed by atoms with Crippen LogP contribution >= 0.6 is 11.6 Å². The van der Waals surface area contributed by atoms with E-state index in [-0.39, 0.29) is 5.28 Å². The fourth-order valence-corrected chi connectivity index (χ4v) is 3.27. The second kappa shape index (κ2) is 7.25. The van der Waals surface area contributed by atoms with Gasteiger partial charge in [0.05, 0.1) is 0 Å². The first-order valence-corrected chi connectivity index (χ1v) is 8.40. The first-order chi connectivity index (χ1) is 10.1. The Balaban J connectivity index is 2.09. The van der Waals surface area contributed by atoms with Crippen molar-refractivity contribution in [1.82, 2.24) is 15.0 Å². The molecule has 0 amide bonds. The average Bonchev–Trinajstić information content (AvgIpc) is 2.95. The maximum absolute atomic E-state index is 6.04. The van der Waals surface area contributed by atoms with E-state index in [1.54, 1.807) is 0 Å². The molecule has 0 unspecified atom stereocenters. The Bertz CT molecular complexity index is 455. The van der Waals surface area contributed by atoms with Gasteiger partial charge in [0.15, 0.2) is 0 Å². The summed E-state index contributed by atoms with van der Waals surface area (Å²) in [5, 5.41) is 3.65. The number of halogens is 1. The highest BCUT2D eigenvalue weighted by Gasteiger charge is 2.31. The zero-order valence-corrected chi connectivity index (χ0v) is 14.1. The SMILES string of the molecule is CCN(CC)c1nc(Cl)nc(NCC2(CC)CCCC2)n1. The van der Waals surface area contributed by atoms with Crippen LogP contribution < -0.4 is 10.2 Å².